The summed E-state index contributed by atoms with van der Waals surface area (Å²) in [5.74, 6) is 2.16. The molecule has 1 aromatic heterocycles. The lowest BCUT2D eigenvalue weighted by Gasteiger charge is -2.07. The lowest BCUT2D eigenvalue weighted by Crippen LogP contribution is -1.87. The molecule has 110 valence electrons. The molecule has 0 radical (unpaired) electrons. The second-order valence-electron chi connectivity index (χ2n) is 5.05. The van der Waals surface area contributed by atoms with Crippen molar-refractivity contribution in [3.05, 3.63) is 95.5 Å². The largest absolute Gasteiger partial charge is 0.348 e. The fraction of sp³-hybridized carbons (Fsp3) is 0.105. The number of imidazole rings is 1. The first-order valence-electron chi connectivity index (χ1n) is 7.46. The fourth-order valence-electron chi connectivity index (χ4n) is 2.16. The van der Waals surface area contributed by atoms with Crippen molar-refractivity contribution in [3.8, 4) is 0 Å². The first kappa shape index (κ1) is 15.8. The number of aryl methyl sites for hydroxylation is 2. The summed E-state index contributed by atoms with van der Waals surface area (Å²) in [5.41, 5.74) is 6.06. The van der Waals surface area contributed by atoms with Gasteiger partial charge >= 0.3 is 0 Å². The normalized spacial score (nSPS) is 9.55. The van der Waals surface area contributed by atoms with E-state index in [0.29, 0.717) is 0 Å². The van der Waals surface area contributed by atoms with E-state index < -0.39 is 0 Å². The van der Waals surface area contributed by atoms with Crippen LogP contribution in [0.25, 0.3) is 5.57 Å². The van der Waals surface area contributed by atoms with Crippen LogP contribution in [-0.2, 0) is 0 Å². The second kappa shape index (κ2) is 8.03. The first-order valence-corrected chi connectivity index (χ1v) is 7.46. The SMILES string of the molecule is BC=C(c1ccccc1)c1ccccc1.Cc1nc[nH]c1C. The maximum Gasteiger partial charge on any atom is 0.130 e. The molecule has 0 atom stereocenters. The lowest BCUT2D eigenvalue weighted by atomic mass is 9.92. The number of hydrogen-bond donors (Lipinski definition) is 1. The Kier molecular flexibility index (Phi) is 5.78. The molecule has 0 unspecified atom stereocenters. The van der Waals surface area contributed by atoms with Crippen LogP contribution in [0.3, 0.4) is 0 Å². The van der Waals surface area contributed by atoms with Crippen LogP contribution in [0.4, 0.5) is 0 Å². The summed E-state index contributed by atoms with van der Waals surface area (Å²) in [7, 11) is 2.08. The molecular weight excluding hydrogens is 267 g/mol. The van der Waals surface area contributed by atoms with Gasteiger partial charge in [0.2, 0.25) is 0 Å². The molecule has 3 heteroatoms. The molecule has 1 heterocycles. The van der Waals surface area contributed by atoms with Crippen molar-refractivity contribution in [3.63, 3.8) is 0 Å². The van der Waals surface area contributed by atoms with Crippen LogP contribution >= 0.6 is 0 Å². The van der Waals surface area contributed by atoms with Crippen molar-refractivity contribution in [2.75, 3.05) is 0 Å². The van der Waals surface area contributed by atoms with Crippen LogP contribution in [0.15, 0.2) is 73.0 Å². The molecule has 0 aliphatic rings. The zero-order chi connectivity index (χ0) is 15.8. The molecule has 0 saturated carbocycles. The average Bonchev–Trinajstić information content (AvgIpc) is 2.94. The van der Waals surface area contributed by atoms with E-state index in [2.05, 4.69) is 72.3 Å². The Labute approximate surface area is 133 Å². The minimum Gasteiger partial charge on any atom is -0.348 e. The third-order valence-corrected chi connectivity index (χ3v) is 3.54. The number of nitrogens with one attached hydrogen (secondary N) is 1. The van der Waals surface area contributed by atoms with Gasteiger partial charge in [-0.2, -0.15) is 0 Å². The molecule has 3 rings (SSSR count). The van der Waals surface area contributed by atoms with Crippen LogP contribution < -0.4 is 0 Å². The molecule has 0 aliphatic carbocycles. The van der Waals surface area contributed by atoms with Gasteiger partial charge in [-0.15, -0.1) is 5.98 Å². The van der Waals surface area contributed by atoms with Crippen molar-refractivity contribution < 1.29 is 0 Å². The van der Waals surface area contributed by atoms with E-state index in [4.69, 9.17) is 0 Å². The van der Waals surface area contributed by atoms with E-state index in [1.165, 1.54) is 16.7 Å². The summed E-state index contributed by atoms with van der Waals surface area (Å²) in [6, 6.07) is 20.9. The van der Waals surface area contributed by atoms with Crippen LogP contribution in [0.1, 0.15) is 22.5 Å². The molecule has 0 bridgehead atoms. The number of rotatable bonds is 2. The van der Waals surface area contributed by atoms with Crippen LogP contribution in [-0.4, -0.2) is 17.8 Å². The van der Waals surface area contributed by atoms with Crippen molar-refractivity contribution in [1.82, 2.24) is 9.97 Å². The number of aromatic amines is 1. The maximum absolute atomic E-state index is 3.96. The fourth-order valence-corrected chi connectivity index (χ4v) is 2.16. The molecule has 0 fully saturated rings. The number of benzene rings is 2. The molecule has 0 spiro atoms. The summed E-state index contributed by atoms with van der Waals surface area (Å²) in [6.45, 7) is 3.98. The Hall–Kier alpha value is -2.55. The van der Waals surface area contributed by atoms with E-state index in [-0.39, 0.29) is 0 Å². The van der Waals surface area contributed by atoms with E-state index in [0.717, 1.165) is 11.4 Å². The molecule has 2 nitrogen and oxygen atoms in total. The summed E-state index contributed by atoms with van der Waals surface area (Å²) >= 11 is 0. The third-order valence-electron chi connectivity index (χ3n) is 3.54. The molecule has 0 aliphatic heterocycles. The Balaban J connectivity index is 0.000000211. The standard InChI is InChI=1S/C14H13B.C5H8N2/c15-11-14(12-7-3-1-4-8-12)13-9-5-2-6-10-13;1-4-5(2)7-3-6-4/h1-11H,15H2;3H,1-2H3,(H,6,7). The van der Waals surface area contributed by atoms with Gasteiger partial charge in [-0.1, -0.05) is 60.7 Å². The summed E-state index contributed by atoms with van der Waals surface area (Å²) in [4.78, 5) is 6.92. The molecule has 22 heavy (non-hydrogen) atoms. The van der Waals surface area contributed by atoms with Gasteiger partial charge < -0.3 is 4.98 Å². The minimum absolute atomic E-state index is 1.08. The van der Waals surface area contributed by atoms with Gasteiger partial charge in [0.15, 0.2) is 0 Å². The topological polar surface area (TPSA) is 28.7 Å². The third kappa shape index (κ3) is 4.22. The van der Waals surface area contributed by atoms with Crippen molar-refractivity contribution in [2.24, 2.45) is 0 Å². The second-order valence-corrected chi connectivity index (χ2v) is 5.05. The predicted octanol–water partition coefficient (Wildman–Crippen LogP) is 3.74. The van der Waals surface area contributed by atoms with Gasteiger partial charge in [-0.3, -0.25) is 0 Å². The van der Waals surface area contributed by atoms with Crippen molar-refractivity contribution in [1.29, 1.82) is 0 Å². The highest BCUT2D eigenvalue weighted by Gasteiger charge is 2.01. The summed E-state index contributed by atoms with van der Waals surface area (Å²) in [5, 5.41) is 0. The number of nitrogens with zero attached hydrogens (tertiary/aromatic N) is 1. The maximum atomic E-state index is 3.96. The van der Waals surface area contributed by atoms with Crippen molar-refractivity contribution in [2.45, 2.75) is 13.8 Å². The van der Waals surface area contributed by atoms with Crippen LogP contribution in [0, 0.1) is 13.8 Å². The quantitative estimate of drug-likeness (QED) is 0.715. The smallest absolute Gasteiger partial charge is 0.130 e. The van der Waals surface area contributed by atoms with E-state index in [1.54, 1.807) is 6.33 Å². The summed E-state index contributed by atoms with van der Waals surface area (Å²) in [6.07, 6.45) is 1.70. The lowest BCUT2D eigenvalue weighted by molar-refractivity contribution is 1.22. The van der Waals surface area contributed by atoms with Gasteiger partial charge in [0, 0.05) is 5.69 Å². The first-order chi connectivity index (χ1) is 10.7. The average molecular weight is 288 g/mol. The predicted molar refractivity (Wildman–Crippen MR) is 96.6 cm³/mol. The Morgan fingerprint density at radius 3 is 1.68 bits per heavy atom. The summed E-state index contributed by atoms with van der Waals surface area (Å²) < 4.78 is 0. The number of hydrogen-bond acceptors (Lipinski definition) is 1. The highest BCUT2D eigenvalue weighted by Crippen LogP contribution is 2.21. The molecular formula is C19H21BN2. The highest BCUT2D eigenvalue weighted by atomic mass is 14.9. The molecule has 0 saturated heterocycles. The molecule has 3 aromatic rings. The number of H-pyrrole nitrogens is 1. The van der Waals surface area contributed by atoms with Gasteiger partial charge in [-0.05, 0) is 30.5 Å². The molecule has 1 N–H and O–H groups in total. The Morgan fingerprint density at radius 2 is 1.41 bits per heavy atom. The highest BCUT2D eigenvalue weighted by molar-refractivity contribution is 6.21. The zero-order valence-corrected chi connectivity index (χ0v) is 13.4. The zero-order valence-electron chi connectivity index (χ0n) is 13.4. The molecule has 0 amide bonds. The Morgan fingerprint density at radius 1 is 0.909 bits per heavy atom. The monoisotopic (exact) mass is 288 g/mol. The van der Waals surface area contributed by atoms with Crippen LogP contribution in [0.2, 0.25) is 0 Å². The van der Waals surface area contributed by atoms with Gasteiger partial charge in [-0.25, -0.2) is 4.98 Å². The van der Waals surface area contributed by atoms with Crippen molar-refractivity contribution >= 4 is 13.4 Å². The van der Waals surface area contributed by atoms with Gasteiger partial charge in [0.25, 0.3) is 0 Å². The van der Waals surface area contributed by atoms with E-state index in [9.17, 15) is 0 Å². The number of aromatic nitrogens is 2. The van der Waals surface area contributed by atoms with E-state index >= 15 is 0 Å². The Bertz CT molecular complexity index is 657. The van der Waals surface area contributed by atoms with Gasteiger partial charge in [0.05, 0.1) is 12.0 Å². The minimum atomic E-state index is 1.08. The van der Waals surface area contributed by atoms with Gasteiger partial charge in [0.1, 0.15) is 7.85 Å². The van der Waals surface area contributed by atoms with E-state index in [1.807, 2.05) is 26.0 Å². The molecule has 2 aromatic carbocycles. The van der Waals surface area contributed by atoms with Crippen LogP contribution in [0.5, 0.6) is 0 Å².